The Kier molecular flexibility index (Phi) is 4.04. The van der Waals surface area contributed by atoms with Crippen LogP contribution in [-0.4, -0.2) is 19.7 Å². The molecule has 0 bridgehead atoms. The second kappa shape index (κ2) is 6.12. The van der Waals surface area contributed by atoms with Gasteiger partial charge in [0.2, 0.25) is 0 Å². The first-order chi connectivity index (χ1) is 10.3. The molecule has 0 fully saturated rings. The maximum Gasteiger partial charge on any atom is 0.180 e. The average Bonchev–Trinajstić information content (AvgIpc) is 3.10. The largest absolute Gasteiger partial charge is 0.352 e. The lowest BCUT2D eigenvalue weighted by Gasteiger charge is -2.06. The fourth-order valence-corrected chi connectivity index (χ4v) is 2.78. The Morgan fingerprint density at radius 3 is 2.71 bits per heavy atom. The highest BCUT2D eigenvalue weighted by Gasteiger charge is 2.14. The Morgan fingerprint density at radius 2 is 1.95 bits per heavy atom. The third-order valence-electron chi connectivity index (χ3n) is 3.92. The van der Waals surface area contributed by atoms with Crippen molar-refractivity contribution in [3.8, 4) is 11.5 Å². The lowest BCUT2D eigenvalue weighted by Crippen LogP contribution is -2.04. The van der Waals surface area contributed by atoms with Crippen LogP contribution in [0.15, 0.2) is 30.3 Å². The second-order valence-electron chi connectivity index (χ2n) is 5.41. The number of fused-ring (bicyclic) bond motifs is 1. The number of nitrogens with one attached hydrogen (secondary N) is 1. The molecule has 0 aliphatic carbocycles. The van der Waals surface area contributed by atoms with Gasteiger partial charge in [-0.3, -0.25) is 0 Å². The van der Waals surface area contributed by atoms with Crippen LogP contribution in [0.1, 0.15) is 38.9 Å². The standard InChI is InChI=1S/C17H22N4/c1-3-5-6-11-16-19-20-17(21(16)4-2)15-12-13-9-7-8-10-14(13)18-15/h7-10,12,18H,3-6,11H2,1-2H3. The van der Waals surface area contributed by atoms with Crippen LogP contribution in [0.25, 0.3) is 22.4 Å². The maximum atomic E-state index is 4.41. The molecule has 2 heterocycles. The quantitative estimate of drug-likeness (QED) is 0.689. The molecule has 0 unspecified atom stereocenters. The van der Waals surface area contributed by atoms with Gasteiger partial charge in [0.25, 0.3) is 0 Å². The van der Waals surface area contributed by atoms with Gasteiger partial charge in [-0.15, -0.1) is 10.2 Å². The van der Waals surface area contributed by atoms with Gasteiger partial charge in [0.15, 0.2) is 5.82 Å². The zero-order valence-corrected chi connectivity index (χ0v) is 12.8. The third kappa shape index (κ3) is 2.71. The summed E-state index contributed by atoms with van der Waals surface area (Å²) in [7, 11) is 0. The first-order valence-electron chi connectivity index (χ1n) is 7.83. The Bertz CT molecular complexity index is 690. The van der Waals surface area contributed by atoms with Crippen LogP contribution in [0, 0.1) is 0 Å². The van der Waals surface area contributed by atoms with E-state index in [1.807, 2.05) is 6.07 Å². The van der Waals surface area contributed by atoms with Gasteiger partial charge in [-0.05, 0) is 25.5 Å². The van der Waals surface area contributed by atoms with Gasteiger partial charge in [-0.25, -0.2) is 0 Å². The molecule has 4 nitrogen and oxygen atoms in total. The number of aryl methyl sites for hydroxylation is 1. The van der Waals surface area contributed by atoms with Crippen molar-refractivity contribution in [1.82, 2.24) is 19.7 Å². The second-order valence-corrected chi connectivity index (χ2v) is 5.41. The molecule has 110 valence electrons. The van der Waals surface area contributed by atoms with E-state index in [1.165, 1.54) is 24.6 Å². The summed E-state index contributed by atoms with van der Waals surface area (Å²) < 4.78 is 2.22. The van der Waals surface area contributed by atoms with Crippen molar-refractivity contribution in [1.29, 1.82) is 0 Å². The van der Waals surface area contributed by atoms with E-state index in [0.29, 0.717) is 0 Å². The van der Waals surface area contributed by atoms with Gasteiger partial charge >= 0.3 is 0 Å². The molecule has 0 aliphatic heterocycles. The summed E-state index contributed by atoms with van der Waals surface area (Å²) in [5, 5.41) is 10.0. The van der Waals surface area contributed by atoms with E-state index in [4.69, 9.17) is 0 Å². The third-order valence-corrected chi connectivity index (χ3v) is 3.92. The Balaban J connectivity index is 1.94. The van der Waals surface area contributed by atoms with Crippen molar-refractivity contribution in [2.75, 3.05) is 0 Å². The van der Waals surface area contributed by atoms with Gasteiger partial charge in [0, 0.05) is 23.9 Å². The Morgan fingerprint density at radius 1 is 1.10 bits per heavy atom. The van der Waals surface area contributed by atoms with Crippen molar-refractivity contribution in [2.24, 2.45) is 0 Å². The zero-order chi connectivity index (χ0) is 14.7. The van der Waals surface area contributed by atoms with E-state index in [1.54, 1.807) is 0 Å². The number of unbranched alkanes of at least 4 members (excludes halogenated alkanes) is 2. The number of aromatic amines is 1. The summed E-state index contributed by atoms with van der Waals surface area (Å²) in [4.78, 5) is 3.44. The molecule has 0 radical (unpaired) electrons. The normalized spacial score (nSPS) is 11.3. The van der Waals surface area contributed by atoms with Crippen LogP contribution in [0.2, 0.25) is 0 Å². The summed E-state index contributed by atoms with van der Waals surface area (Å²) >= 11 is 0. The Labute approximate surface area is 125 Å². The fraction of sp³-hybridized carbons (Fsp3) is 0.412. The molecule has 1 aromatic carbocycles. The van der Waals surface area contributed by atoms with Gasteiger partial charge < -0.3 is 9.55 Å². The lowest BCUT2D eigenvalue weighted by molar-refractivity contribution is 0.643. The van der Waals surface area contributed by atoms with Crippen molar-refractivity contribution in [2.45, 2.75) is 46.1 Å². The summed E-state index contributed by atoms with van der Waals surface area (Å²) in [6.45, 7) is 5.28. The SMILES string of the molecule is CCCCCc1nnc(-c2cc3ccccc3[nH]2)n1CC. The molecule has 3 rings (SSSR count). The highest BCUT2D eigenvalue weighted by atomic mass is 15.3. The van der Waals surface area contributed by atoms with Gasteiger partial charge in [-0.1, -0.05) is 38.0 Å². The minimum absolute atomic E-state index is 0.902. The van der Waals surface area contributed by atoms with Crippen LogP contribution < -0.4 is 0 Å². The average molecular weight is 282 g/mol. The van der Waals surface area contributed by atoms with Crippen LogP contribution in [0.4, 0.5) is 0 Å². The molecule has 0 spiro atoms. The number of rotatable bonds is 6. The summed E-state index contributed by atoms with van der Waals surface area (Å²) in [5.41, 5.74) is 2.19. The highest BCUT2D eigenvalue weighted by molar-refractivity contribution is 5.84. The number of hydrogen-bond acceptors (Lipinski definition) is 2. The Hall–Kier alpha value is -2.10. The minimum Gasteiger partial charge on any atom is -0.352 e. The van der Waals surface area contributed by atoms with E-state index < -0.39 is 0 Å². The fourth-order valence-electron chi connectivity index (χ4n) is 2.78. The molecule has 1 N–H and O–H groups in total. The van der Waals surface area contributed by atoms with E-state index in [-0.39, 0.29) is 0 Å². The molecule has 0 atom stereocenters. The number of para-hydroxylation sites is 1. The van der Waals surface area contributed by atoms with Crippen molar-refractivity contribution in [3.05, 3.63) is 36.2 Å². The zero-order valence-electron chi connectivity index (χ0n) is 12.8. The summed E-state index contributed by atoms with van der Waals surface area (Å²) in [6.07, 6.45) is 4.67. The number of hydrogen-bond donors (Lipinski definition) is 1. The van der Waals surface area contributed by atoms with Gasteiger partial charge in [0.05, 0.1) is 5.69 Å². The van der Waals surface area contributed by atoms with Gasteiger partial charge in [0.1, 0.15) is 5.82 Å². The van der Waals surface area contributed by atoms with Crippen LogP contribution in [0.5, 0.6) is 0 Å². The lowest BCUT2D eigenvalue weighted by atomic mass is 10.2. The number of aromatic nitrogens is 4. The first-order valence-corrected chi connectivity index (χ1v) is 7.83. The number of H-pyrrole nitrogens is 1. The molecule has 21 heavy (non-hydrogen) atoms. The van der Waals surface area contributed by atoms with Crippen LogP contribution in [0.3, 0.4) is 0 Å². The summed E-state index contributed by atoms with van der Waals surface area (Å²) in [6, 6.07) is 10.5. The first kappa shape index (κ1) is 13.9. The highest BCUT2D eigenvalue weighted by Crippen LogP contribution is 2.23. The topological polar surface area (TPSA) is 46.5 Å². The van der Waals surface area contributed by atoms with Crippen molar-refractivity contribution >= 4 is 10.9 Å². The van der Waals surface area contributed by atoms with Crippen LogP contribution >= 0.6 is 0 Å². The molecular weight excluding hydrogens is 260 g/mol. The summed E-state index contributed by atoms with van der Waals surface area (Å²) in [5.74, 6) is 2.04. The van der Waals surface area contributed by atoms with Crippen molar-refractivity contribution in [3.63, 3.8) is 0 Å². The molecule has 0 aliphatic rings. The van der Waals surface area contributed by atoms with E-state index in [2.05, 4.69) is 57.9 Å². The molecule has 3 aromatic rings. The number of benzene rings is 1. The predicted molar refractivity (Wildman–Crippen MR) is 86.2 cm³/mol. The van der Waals surface area contributed by atoms with Crippen LogP contribution in [-0.2, 0) is 13.0 Å². The smallest absolute Gasteiger partial charge is 0.180 e. The molecular formula is C17H22N4. The molecule has 0 saturated heterocycles. The molecule has 2 aromatic heterocycles. The minimum atomic E-state index is 0.902. The number of nitrogens with zero attached hydrogens (tertiary/aromatic N) is 3. The van der Waals surface area contributed by atoms with E-state index in [9.17, 15) is 0 Å². The predicted octanol–water partition coefficient (Wildman–Crippen LogP) is 4.18. The molecule has 0 amide bonds. The monoisotopic (exact) mass is 282 g/mol. The van der Waals surface area contributed by atoms with Crippen molar-refractivity contribution < 1.29 is 0 Å². The van der Waals surface area contributed by atoms with E-state index >= 15 is 0 Å². The van der Waals surface area contributed by atoms with Gasteiger partial charge in [-0.2, -0.15) is 0 Å². The van der Waals surface area contributed by atoms with E-state index in [0.717, 1.165) is 35.8 Å². The maximum absolute atomic E-state index is 4.41. The molecule has 0 saturated carbocycles. The molecule has 4 heteroatoms.